The lowest BCUT2D eigenvalue weighted by Crippen LogP contribution is -2.52. The molecule has 272 valence electrons. The van der Waals surface area contributed by atoms with Crippen LogP contribution >= 0.6 is 11.6 Å². The second-order valence-corrected chi connectivity index (χ2v) is 14.6. The van der Waals surface area contributed by atoms with Crippen LogP contribution in [0.1, 0.15) is 55.2 Å². The number of benzene rings is 2. The first-order valence-corrected chi connectivity index (χ1v) is 18.0. The Labute approximate surface area is 296 Å². The second kappa shape index (κ2) is 15.3. The van der Waals surface area contributed by atoms with E-state index in [1.54, 1.807) is 4.90 Å². The van der Waals surface area contributed by atoms with E-state index in [0.29, 0.717) is 63.8 Å². The van der Waals surface area contributed by atoms with Gasteiger partial charge in [-0.2, -0.15) is 13.2 Å². The van der Waals surface area contributed by atoms with Crippen LogP contribution in [-0.4, -0.2) is 103 Å². The maximum absolute atomic E-state index is 14.0. The number of hydrogen-bond donors (Lipinski definition) is 2. The minimum Gasteiger partial charge on any atom is -0.436 e. The fourth-order valence-corrected chi connectivity index (χ4v) is 8.25. The normalized spacial score (nSPS) is 21.0. The molecular formula is C36H46ClF3N6O4. The fourth-order valence-electron chi connectivity index (χ4n) is 8.01. The van der Waals surface area contributed by atoms with Gasteiger partial charge in [-0.05, 0) is 106 Å². The number of rotatable bonds is 6. The molecule has 2 aromatic carbocycles. The van der Waals surface area contributed by atoms with Gasteiger partial charge in [0, 0.05) is 50.9 Å². The lowest BCUT2D eigenvalue weighted by Gasteiger charge is -2.40. The van der Waals surface area contributed by atoms with Gasteiger partial charge >= 0.3 is 18.3 Å². The topological polar surface area (TPSA) is 111 Å². The SMILES string of the molecule is CN1CCC(C2CCN(C(=O)C(Cc3cc(Cl)c(N)c(C(F)(F)F)c3)OC(=O)N3CCC(N4CCc5ccccc5NC4=O)CC3)CC2)CC1. The zero-order valence-corrected chi connectivity index (χ0v) is 29.1. The number of ether oxygens (including phenoxy) is 1. The largest absolute Gasteiger partial charge is 0.436 e. The number of para-hydroxylation sites is 1. The summed E-state index contributed by atoms with van der Waals surface area (Å²) in [5.74, 6) is 0.673. The van der Waals surface area contributed by atoms with E-state index in [1.165, 1.54) is 11.0 Å². The summed E-state index contributed by atoms with van der Waals surface area (Å²) in [7, 11) is 2.13. The quantitative estimate of drug-likeness (QED) is 0.348. The summed E-state index contributed by atoms with van der Waals surface area (Å²) >= 11 is 6.12. The number of anilines is 2. The van der Waals surface area contributed by atoms with Crippen LogP contribution in [0.15, 0.2) is 36.4 Å². The van der Waals surface area contributed by atoms with Crippen LogP contribution in [0.4, 0.5) is 34.1 Å². The lowest BCUT2D eigenvalue weighted by molar-refractivity contribution is -0.142. The van der Waals surface area contributed by atoms with Gasteiger partial charge in [0.1, 0.15) is 0 Å². The molecule has 0 bridgehead atoms. The van der Waals surface area contributed by atoms with Gasteiger partial charge in [0.25, 0.3) is 5.91 Å². The Balaban J connectivity index is 1.12. The fraction of sp³-hybridized carbons (Fsp3) is 0.583. The summed E-state index contributed by atoms with van der Waals surface area (Å²) in [5, 5.41) is 2.71. The standard InChI is InChI=1S/C36H46ClF3N6O4/c1-43-13-6-24(7-14-43)25-8-15-44(16-9-25)33(47)31(22-23-20-28(36(38,39)40)32(41)29(37)21-23)50-35(49)45-17-11-27(12-18-45)46-19-10-26-4-2-3-5-30(26)42-34(46)48/h2-5,20-21,24-25,27,31H,6-19,22,41H2,1H3,(H,42,48). The zero-order valence-electron chi connectivity index (χ0n) is 28.4. The van der Waals surface area contributed by atoms with E-state index in [0.717, 1.165) is 56.1 Å². The van der Waals surface area contributed by atoms with Gasteiger partial charge in [-0.1, -0.05) is 29.8 Å². The molecule has 1 unspecified atom stereocenters. The molecule has 3 fully saturated rings. The molecule has 4 aliphatic heterocycles. The van der Waals surface area contributed by atoms with Crippen molar-refractivity contribution in [2.24, 2.45) is 11.8 Å². The Morgan fingerprint density at radius 2 is 1.56 bits per heavy atom. The van der Waals surface area contributed by atoms with Crippen molar-refractivity contribution in [2.75, 3.05) is 63.9 Å². The molecule has 6 rings (SSSR count). The van der Waals surface area contributed by atoms with Gasteiger partial charge in [-0.15, -0.1) is 0 Å². The van der Waals surface area contributed by atoms with Crippen molar-refractivity contribution < 1.29 is 32.3 Å². The number of nitrogens with two attached hydrogens (primary N) is 1. The van der Waals surface area contributed by atoms with Gasteiger partial charge in [0.05, 0.1) is 16.3 Å². The average Bonchev–Trinajstić information content (AvgIpc) is 3.27. The maximum atomic E-state index is 14.0. The molecule has 4 amide bonds. The number of carbonyl (C=O) groups is 3. The van der Waals surface area contributed by atoms with Crippen molar-refractivity contribution in [1.29, 1.82) is 0 Å². The third-order valence-corrected chi connectivity index (χ3v) is 11.3. The number of piperidine rings is 3. The molecule has 0 aromatic heterocycles. The van der Waals surface area contributed by atoms with Crippen LogP contribution in [0, 0.1) is 11.8 Å². The molecule has 0 saturated carbocycles. The molecule has 14 heteroatoms. The molecule has 10 nitrogen and oxygen atoms in total. The van der Waals surface area contributed by atoms with Crippen molar-refractivity contribution in [2.45, 2.75) is 69.7 Å². The lowest BCUT2D eigenvalue weighted by atomic mass is 9.79. The highest BCUT2D eigenvalue weighted by Gasteiger charge is 2.38. The number of amides is 4. The van der Waals surface area contributed by atoms with E-state index < -0.39 is 35.5 Å². The first-order chi connectivity index (χ1) is 23.9. The number of carbonyl (C=O) groups excluding carboxylic acids is 3. The summed E-state index contributed by atoms with van der Waals surface area (Å²) in [6, 6.07) is 9.60. The molecule has 0 aliphatic carbocycles. The minimum absolute atomic E-state index is 0.0886. The van der Waals surface area contributed by atoms with Gasteiger partial charge < -0.3 is 35.4 Å². The van der Waals surface area contributed by atoms with E-state index in [-0.39, 0.29) is 29.1 Å². The Morgan fingerprint density at radius 3 is 2.22 bits per heavy atom. The Bertz CT molecular complexity index is 1550. The number of fused-ring (bicyclic) bond motifs is 1. The van der Waals surface area contributed by atoms with Crippen LogP contribution in [0.25, 0.3) is 0 Å². The Morgan fingerprint density at radius 1 is 0.940 bits per heavy atom. The van der Waals surface area contributed by atoms with Crippen LogP contribution < -0.4 is 11.1 Å². The summed E-state index contributed by atoms with van der Waals surface area (Å²) < 4.78 is 47.3. The summed E-state index contributed by atoms with van der Waals surface area (Å²) in [6.45, 7) is 4.25. The van der Waals surface area contributed by atoms with Crippen molar-refractivity contribution in [1.82, 2.24) is 19.6 Å². The first-order valence-electron chi connectivity index (χ1n) is 17.6. The second-order valence-electron chi connectivity index (χ2n) is 14.2. The van der Waals surface area contributed by atoms with E-state index in [1.807, 2.05) is 29.2 Å². The van der Waals surface area contributed by atoms with Crippen molar-refractivity contribution >= 4 is 41.0 Å². The van der Waals surface area contributed by atoms with Gasteiger partial charge in [0.15, 0.2) is 6.10 Å². The van der Waals surface area contributed by atoms with Crippen molar-refractivity contribution in [3.8, 4) is 0 Å². The van der Waals surface area contributed by atoms with Crippen LogP contribution in [-0.2, 0) is 28.5 Å². The third-order valence-electron chi connectivity index (χ3n) is 11.0. The van der Waals surface area contributed by atoms with Crippen LogP contribution in [0.5, 0.6) is 0 Å². The monoisotopic (exact) mass is 718 g/mol. The average molecular weight is 719 g/mol. The molecule has 3 saturated heterocycles. The molecule has 3 N–H and O–H groups in total. The van der Waals surface area contributed by atoms with Crippen molar-refractivity contribution in [3.63, 3.8) is 0 Å². The van der Waals surface area contributed by atoms with Gasteiger partial charge in [-0.3, -0.25) is 4.79 Å². The molecule has 50 heavy (non-hydrogen) atoms. The van der Waals surface area contributed by atoms with Gasteiger partial charge in [0.2, 0.25) is 0 Å². The highest BCUT2D eigenvalue weighted by atomic mass is 35.5. The van der Waals surface area contributed by atoms with E-state index in [4.69, 9.17) is 22.1 Å². The molecule has 4 heterocycles. The molecule has 1 atom stereocenters. The molecule has 0 radical (unpaired) electrons. The maximum Gasteiger partial charge on any atom is 0.418 e. The highest BCUT2D eigenvalue weighted by Crippen LogP contribution is 2.38. The Hall–Kier alpha value is -3.71. The summed E-state index contributed by atoms with van der Waals surface area (Å²) in [6.07, 6.45) is -1.45. The highest BCUT2D eigenvalue weighted by molar-refractivity contribution is 6.33. The number of halogens is 4. The van der Waals surface area contributed by atoms with Crippen molar-refractivity contribution in [3.05, 3.63) is 58.1 Å². The predicted molar refractivity (Wildman–Crippen MR) is 185 cm³/mol. The number of hydrogen-bond acceptors (Lipinski definition) is 6. The number of alkyl halides is 3. The van der Waals surface area contributed by atoms with Gasteiger partial charge in [-0.25, -0.2) is 9.59 Å². The number of urea groups is 1. The first kappa shape index (κ1) is 36.1. The third kappa shape index (κ3) is 8.25. The van der Waals surface area contributed by atoms with E-state index in [2.05, 4.69) is 17.3 Å². The zero-order chi connectivity index (χ0) is 35.6. The van der Waals surface area contributed by atoms with Crippen LogP contribution in [0.2, 0.25) is 5.02 Å². The smallest absolute Gasteiger partial charge is 0.418 e. The van der Waals surface area contributed by atoms with E-state index >= 15 is 0 Å². The number of likely N-dealkylation sites (tertiary alicyclic amines) is 3. The summed E-state index contributed by atoms with van der Waals surface area (Å²) in [4.78, 5) is 48.0. The number of nitrogens with zero attached hydrogens (tertiary/aromatic N) is 4. The molecule has 2 aromatic rings. The van der Waals surface area contributed by atoms with Crippen LogP contribution in [0.3, 0.4) is 0 Å². The molecular weight excluding hydrogens is 673 g/mol. The minimum atomic E-state index is -4.76. The van der Waals surface area contributed by atoms with E-state index in [9.17, 15) is 27.6 Å². The predicted octanol–water partition coefficient (Wildman–Crippen LogP) is 6.12. The Kier molecular flexibility index (Phi) is 11.0. The molecule has 0 spiro atoms. The number of nitrogens with one attached hydrogen (secondary N) is 1. The molecule has 4 aliphatic rings. The number of nitrogen functional groups attached to an aromatic ring is 1. The summed E-state index contributed by atoms with van der Waals surface area (Å²) in [5.41, 5.74) is 5.93.